The van der Waals surface area contributed by atoms with Gasteiger partial charge in [0.25, 0.3) is 11.2 Å². The number of non-ortho nitro benzene ring substituents is 1. The number of H-pyrrole nitrogens is 1. The van der Waals surface area contributed by atoms with Gasteiger partial charge in [0.05, 0.1) is 33.3 Å². The van der Waals surface area contributed by atoms with Gasteiger partial charge in [0.15, 0.2) is 5.82 Å². The molecule has 0 amide bonds. The number of pyridine rings is 1. The molecule has 0 bridgehead atoms. The minimum absolute atomic E-state index is 0. The van der Waals surface area contributed by atoms with Gasteiger partial charge in [-0.25, -0.2) is 8.78 Å². The highest BCUT2D eigenvalue weighted by molar-refractivity contribution is 5.94. The van der Waals surface area contributed by atoms with E-state index in [1.54, 1.807) is 0 Å². The average molecular weight is 528 g/mol. The third-order valence-electron chi connectivity index (χ3n) is 6.39. The highest BCUT2D eigenvalue weighted by atomic mass is 35.5. The summed E-state index contributed by atoms with van der Waals surface area (Å²) in [4.78, 5) is 29.5. The van der Waals surface area contributed by atoms with Gasteiger partial charge >= 0.3 is 0 Å². The number of benzene rings is 2. The van der Waals surface area contributed by atoms with E-state index in [0.29, 0.717) is 73.5 Å². The minimum Gasteiger partial charge on any atom is -0.384 e. The van der Waals surface area contributed by atoms with Gasteiger partial charge in [-0.15, -0.1) is 24.8 Å². The van der Waals surface area contributed by atoms with Gasteiger partial charge in [0, 0.05) is 50.9 Å². The zero-order valence-corrected chi connectivity index (χ0v) is 20.3. The predicted molar refractivity (Wildman–Crippen MR) is 136 cm³/mol. The molecule has 12 heteroatoms. The Bertz CT molecular complexity index is 1310. The number of nitrogens with one attached hydrogen (secondary N) is 2. The second kappa shape index (κ2) is 10.8. The van der Waals surface area contributed by atoms with Crippen molar-refractivity contribution in [2.45, 2.75) is 19.4 Å². The number of fused-ring (bicyclic) bond motifs is 3. The van der Waals surface area contributed by atoms with Crippen LogP contribution in [0.15, 0.2) is 35.1 Å². The number of nitro benzene ring substituents is 1. The lowest BCUT2D eigenvalue weighted by atomic mass is 10.00. The van der Waals surface area contributed by atoms with E-state index < -0.39 is 10.7 Å². The molecule has 1 aromatic heterocycles. The molecule has 35 heavy (non-hydrogen) atoms. The maximum atomic E-state index is 15.1. The van der Waals surface area contributed by atoms with Crippen molar-refractivity contribution in [2.24, 2.45) is 0 Å². The number of halogens is 4. The van der Waals surface area contributed by atoms with Crippen LogP contribution in [0.1, 0.15) is 17.5 Å². The second-order valence-corrected chi connectivity index (χ2v) is 8.49. The van der Waals surface area contributed by atoms with Crippen LogP contribution in [0, 0.1) is 21.7 Å². The van der Waals surface area contributed by atoms with Crippen molar-refractivity contribution in [3.63, 3.8) is 0 Å². The Kier molecular flexibility index (Phi) is 8.19. The first-order chi connectivity index (χ1) is 15.9. The summed E-state index contributed by atoms with van der Waals surface area (Å²) < 4.78 is 29.4. The summed E-state index contributed by atoms with van der Waals surface area (Å²) in [5.74, 6) is -0.980. The molecule has 2 aliphatic heterocycles. The molecule has 188 valence electrons. The third-order valence-corrected chi connectivity index (χ3v) is 6.39. The number of aromatic nitrogens is 1. The van der Waals surface area contributed by atoms with Gasteiger partial charge in [-0.05, 0) is 36.6 Å². The summed E-state index contributed by atoms with van der Waals surface area (Å²) in [5, 5.41) is 14.4. The molecule has 0 atom stereocenters. The SMILES string of the molecule is Cl.Cl.O=c1[nH]c2cc(CN3CCN(c4ccc([N+](=O)[O-])cc4F)CC3)cc(F)c2c2c1CCCN2. The average Bonchev–Trinajstić information content (AvgIpc) is 2.79. The lowest BCUT2D eigenvalue weighted by Crippen LogP contribution is -2.46. The number of hydrogen-bond acceptors (Lipinski definition) is 6. The zero-order chi connectivity index (χ0) is 23.1. The van der Waals surface area contributed by atoms with Gasteiger partial charge in [0.2, 0.25) is 0 Å². The van der Waals surface area contributed by atoms with E-state index in [2.05, 4.69) is 15.2 Å². The molecule has 2 N–H and O–H groups in total. The number of nitrogens with zero attached hydrogens (tertiary/aromatic N) is 3. The number of anilines is 2. The van der Waals surface area contributed by atoms with E-state index in [1.165, 1.54) is 18.2 Å². The normalized spacial score (nSPS) is 15.5. The zero-order valence-electron chi connectivity index (χ0n) is 18.7. The highest BCUT2D eigenvalue weighted by Gasteiger charge is 2.23. The van der Waals surface area contributed by atoms with Crippen LogP contribution in [0.25, 0.3) is 10.9 Å². The summed E-state index contributed by atoms with van der Waals surface area (Å²) in [7, 11) is 0. The summed E-state index contributed by atoms with van der Waals surface area (Å²) in [6, 6.07) is 7.01. The molecule has 2 aromatic carbocycles. The van der Waals surface area contributed by atoms with Gasteiger partial charge in [-0.1, -0.05) is 0 Å². The Balaban J connectivity index is 0.00000171. The molecule has 0 spiro atoms. The van der Waals surface area contributed by atoms with Crippen LogP contribution in [0.2, 0.25) is 0 Å². The monoisotopic (exact) mass is 527 g/mol. The van der Waals surface area contributed by atoms with Crippen LogP contribution in [0.5, 0.6) is 0 Å². The Hall–Kier alpha value is -2.95. The van der Waals surface area contributed by atoms with Crippen molar-refractivity contribution < 1.29 is 13.7 Å². The molecule has 0 radical (unpaired) electrons. The summed E-state index contributed by atoms with van der Waals surface area (Å²) >= 11 is 0. The predicted octanol–water partition coefficient (Wildman–Crippen LogP) is 4.24. The van der Waals surface area contributed by atoms with Crippen LogP contribution in [0.3, 0.4) is 0 Å². The van der Waals surface area contributed by atoms with E-state index >= 15 is 4.39 Å². The van der Waals surface area contributed by atoms with Crippen LogP contribution in [0.4, 0.5) is 25.8 Å². The maximum absolute atomic E-state index is 15.1. The van der Waals surface area contributed by atoms with Crippen molar-refractivity contribution >= 4 is 52.8 Å². The minimum atomic E-state index is -0.618. The Morgan fingerprint density at radius 2 is 1.77 bits per heavy atom. The summed E-state index contributed by atoms with van der Waals surface area (Å²) in [5.41, 5.74) is 2.32. The van der Waals surface area contributed by atoms with Crippen molar-refractivity contribution in [2.75, 3.05) is 42.9 Å². The molecule has 1 fully saturated rings. The van der Waals surface area contributed by atoms with E-state index in [9.17, 15) is 19.3 Å². The van der Waals surface area contributed by atoms with Crippen molar-refractivity contribution in [3.8, 4) is 0 Å². The second-order valence-electron chi connectivity index (χ2n) is 8.49. The molecule has 2 aliphatic rings. The standard InChI is InChI=1S/C23H23F2N5O3.2ClH/c24-17-12-15(30(32)33)3-4-20(17)29-8-6-28(7-9-29)13-14-10-18(25)21-19(11-14)27-23(31)16-2-1-5-26-22(16)21;;/h3-4,10-12,26H,1-2,5-9,13H2,(H,27,31);2*1H. The van der Waals surface area contributed by atoms with E-state index in [-0.39, 0.29) is 41.9 Å². The lowest BCUT2D eigenvalue weighted by molar-refractivity contribution is -0.385. The smallest absolute Gasteiger partial charge is 0.272 e. The van der Waals surface area contributed by atoms with Gasteiger partial charge < -0.3 is 15.2 Å². The molecule has 0 unspecified atom stereocenters. The van der Waals surface area contributed by atoms with Gasteiger partial charge in [0.1, 0.15) is 5.82 Å². The topological polar surface area (TPSA) is 94.5 Å². The van der Waals surface area contributed by atoms with E-state index in [4.69, 9.17) is 0 Å². The number of hydrogen-bond donors (Lipinski definition) is 2. The molecule has 1 saturated heterocycles. The lowest BCUT2D eigenvalue weighted by Gasteiger charge is -2.36. The molecule has 5 rings (SSSR count). The third kappa shape index (κ3) is 5.19. The van der Waals surface area contributed by atoms with Crippen LogP contribution in [-0.4, -0.2) is 47.5 Å². The molecular weight excluding hydrogens is 503 g/mol. The molecular formula is C23H25Cl2F2N5O3. The van der Waals surface area contributed by atoms with Crippen molar-refractivity contribution in [1.82, 2.24) is 9.88 Å². The molecule has 3 aromatic rings. The largest absolute Gasteiger partial charge is 0.384 e. The first-order valence-electron chi connectivity index (χ1n) is 10.9. The van der Waals surface area contributed by atoms with Crippen LogP contribution in [-0.2, 0) is 13.0 Å². The summed E-state index contributed by atoms with van der Waals surface area (Å²) in [6.07, 6.45) is 1.48. The first kappa shape index (κ1) is 26.7. The molecule has 3 heterocycles. The Morgan fingerprint density at radius 3 is 2.46 bits per heavy atom. The summed E-state index contributed by atoms with van der Waals surface area (Å²) in [6.45, 7) is 3.54. The van der Waals surface area contributed by atoms with Crippen LogP contribution < -0.4 is 15.8 Å². The molecule has 8 nitrogen and oxygen atoms in total. The van der Waals surface area contributed by atoms with Gasteiger partial charge in [-0.2, -0.15) is 0 Å². The van der Waals surface area contributed by atoms with Gasteiger partial charge in [-0.3, -0.25) is 19.8 Å². The quantitative estimate of drug-likeness (QED) is 0.389. The number of rotatable bonds is 4. The molecule has 0 aliphatic carbocycles. The Labute approximate surface area is 212 Å². The Morgan fingerprint density at radius 1 is 1.03 bits per heavy atom. The number of nitro groups is 1. The highest BCUT2D eigenvalue weighted by Crippen LogP contribution is 2.31. The van der Waals surface area contributed by atoms with Crippen molar-refractivity contribution in [1.29, 1.82) is 0 Å². The fourth-order valence-corrected chi connectivity index (χ4v) is 4.75. The number of aromatic amines is 1. The van der Waals surface area contributed by atoms with Crippen molar-refractivity contribution in [3.05, 3.63) is 73.6 Å². The van der Waals surface area contributed by atoms with E-state index in [1.807, 2.05) is 11.0 Å². The fraction of sp³-hybridized carbons (Fsp3) is 0.348. The first-order valence-corrected chi connectivity index (χ1v) is 10.9. The maximum Gasteiger partial charge on any atom is 0.272 e. The van der Waals surface area contributed by atoms with E-state index in [0.717, 1.165) is 18.1 Å². The number of piperazine rings is 1. The molecule has 0 saturated carbocycles. The fourth-order valence-electron chi connectivity index (χ4n) is 4.75. The van der Waals surface area contributed by atoms with Crippen LogP contribution >= 0.6 is 24.8 Å².